The van der Waals surface area contributed by atoms with E-state index < -0.39 is 5.41 Å². The molecule has 1 aliphatic carbocycles. The molecule has 0 aromatic heterocycles. The molecule has 94 valence electrons. The summed E-state index contributed by atoms with van der Waals surface area (Å²) in [5.74, 6) is 0.962. The maximum atomic E-state index is 11.4. The predicted octanol–water partition coefficient (Wildman–Crippen LogP) is 3.36. The maximum Gasteiger partial charge on any atom is 0.133 e. The SMILES string of the molecule is COc1ccc(Br)cc1C1(C#N)CCC(=O)CC1. The average molecular weight is 308 g/mol. The molecule has 0 radical (unpaired) electrons. The van der Waals surface area contributed by atoms with Crippen LogP contribution >= 0.6 is 15.9 Å². The molecule has 1 saturated carbocycles. The summed E-state index contributed by atoms with van der Waals surface area (Å²) >= 11 is 3.43. The van der Waals surface area contributed by atoms with E-state index in [4.69, 9.17) is 4.74 Å². The van der Waals surface area contributed by atoms with Gasteiger partial charge in [-0.1, -0.05) is 15.9 Å². The number of hydrogen-bond acceptors (Lipinski definition) is 3. The molecule has 1 aromatic carbocycles. The smallest absolute Gasteiger partial charge is 0.133 e. The van der Waals surface area contributed by atoms with Gasteiger partial charge in [-0.25, -0.2) is 0 Å². The molecule has 3 nitrogen and oxygen atoms in total. The van der Waals surface area contributed by atoms with Gasteiger partial charge in [0.1, 0.15) is 11.5 Å². The lowest BCUT2D eigenvalue weighted by molar-refractivity contribution is -0.121. The monoisotopic (exact) mass is 307 g/mol. The number of ether oxygens (including phenoxy) is 1. The van der Waals surface area contributed by atoms with E-state index in [0.717, 1.165) is 10.0 Å². The van der Waals surface area contributed by atoms with Crippen LogP contribution in [0.2, 0.25) is 0 Å². The number of ketones is 1. The van der Waals surface area contributed by atoms with E-state index in [-0.39, 0.29) is 5.78 Å². The Morgan fingerprint density at radius 1 is 1.39 bits per heavy atom. The zero-order valence-corrected chi connectivity index (χ0v) is 11.8. The number of benzene rings is 1. The van der Waals surface area contributed by atoms with Crippen molar-refractivity contribution >= 4 is 21.7 Å². The summed E-state index contributed by atoms with van der Waals surface area (Å²) in [6.45, 7) is 0. The summed E-state index contributed by atoms with van der Waals surface area (Å²) in [6.07, 6.45) is 2.11. The first kappa shape index (κ1) is 13.1. The van der Waals surface area contributed by atoms with Crippen LogP contribution in [0.25, 0.3) is 0 Å². The van der Waals surface area contributed by atoms with Crippen LogP contribution in [0, 0.1) is 11.3 Å². The number of hydrogen-bond donors (Lipinski definition) is 0. The lowest BCUT2D eigenvalue weighted by Crippen LogP contribution is -2.30. The predicted molar refractivity (Wildman–Crippen MR) is 71.5 cm³/mol. The minimum Gasteiger partial charge on any atom is -0.496 e. The average Bonchev–Trinajstić information content (AvgIpc) is 2.40. The van der Waals surface area contributed by atoms with Crippen LogP contribution in [0.3, 0.4) is 0 Å². The Morgan fingerprint density at radius 3 is 2.61 bits per heavy atom. The molecule has 0 saturated heterocycles. The highest BCUT2D eigenvalue weighted by atomic mass is 79.9. The highest BCUT2D eigenvalue weighted by Gasteiger charge is 2.38. The summed E-state index contributed by atoms with van der Waals surface area (Å²) in [5.41, 5.74) is 0.289. The lowest BCUT2D eigenvalue weighted by atomic mass is 9.70. The van der Waals surface area contributed by atoms with Crippen molar-refractivity contribution in [1.29, 1.82) is 5.26 Å². The fraction of sp³-hybridized carbons (Fsp3) is 0.429. The number of carbonyl (C=O) groups excluding carboxylic acids is 1. The van der Waals surface area contributed by atoms with Gasteiger partial charge in [0.15, 0.2) is 0 Å². The molecule has 2 rings (SSSR count). The molecule has 0 spiro atoms. The van der Waals surface area contributed by atoms with Crippen LogP contribution < -0.4 is 4.74 Å². The zero-order valence-electron chi connectivity index (χ0n) is 10.2. The number of nitrogens with zero attached hydrogens (tertiary/aromatic N) is 1. The first-order valence-electron chi connectivity index (χ1n) is 5.88. The number of nitriles is 1. The fourth-order valence-electron chi connectivity index (χ4n) is 2.45. The van der Waals surface area contributed by atoms with E-state index >= 15 is 0 Å². The molecule has 1 aromatic rings. The molecule has 0 atom stereocenters. The summed E-state index contributed by atoms with van der Waals surface area (Å²) in [6, 6.07) is 8.08. The van der Waals surface area contributed by atoms with Gasteiger partial charge in [-0.15, -0.1) is 0 Å². The first-order chi connectivity index (χ1) is 8.61. The molecule has 0 unspecified atom stereocenters. The third-order valence-electron chi connectivity index (χ3n) is 3.55. The maximum absolute atomic E-state index is 11.4. The summed E-state index contributed by atoms with van der Waals surface area (Å²) < 4.78 is 6.27. The Kier molecular flexibility index (Phi) is 3.72. The molecule has 0 N–H and O–H groups in total. The van der Waals surface area contributed by atoms with Gasteiger partial charge in [0.2, 0.25) is 0 Å². The van der Waals surface area contributed by atoms with Crippen LogP contribution in [-0.2, 0) is 10.2 Å². The van der Waals surface area contributed by atoms with Crippen LogP contribution in [0.4, 0.5) is 0 Å². The molecule has 0 aliphatic heterocycles. The minimum absolute atomic E-state index is 0.245. The van der Waals surface area contributed by atoms with Gasteiger partial charge in [-0.3, -0.25) is 4.79 Å². The Bertz CT molecular complexity index is 509. The van der Waals surface area contributed by atoms with Crippen molar-refractivity contribution < 1.29 is 9.53 Å². The largest absolute Gasteiger partial charge is 0.496 e. The Morgan fingerprint density at radius 2 is 2.06 bits per heavy atom. The van der Waals surface area contributed by atoms with E-state index in [2.05, 4.69) is 22.0 Å². The van der Waals surface area contributed by atoms with Crippen molar-refractivity contribution in [1.82, 2.24) is 0 Å². The third kappa shape index (κ3) is 2.28. The Hall–Kier alpha value is -1.34. The zero-order chi connectivity index (χ0) is 13.2. The van der Waals surface area contributed by atoms with Gasteiger partial charge in [0, 0.05) is 22.9 Å². The van der Waals surface area contributed by atoms with Crippen LogP contribution in [-0.4, -0.2) is 12.9 Å². The first-order valence-corrected chi connectivity index (χ1v) is 6.67. The van der Waals surface area contributed by atoms with Gasteiger partial charge in [-0.05, 0) is 31.0 Å². The highest BCUT2D eigenvalue weighted by Crippen LogP contribution is 2.42. The summed E-state index contributed by atoms with van der Waals surface area (Å²) in [4.78, 5) is 11.4. The minimum atomic E-state index is -0.594. The number of Topliss-reactive ketones (excluding diaryl/α,β-unsaturated/α-hetero) is 1. The van der Waals surface area contributed by atoms with Gasteiger partial charge < -0.3 is 4.74 Å². The van der Waals surface area contributed by atoms with Crippen LogP contribution in [0.5, 0.6) is 5.75 Å². The normalized spacial score (nSPS) is 18.2. The van der Waals surface area contributed by atoms with Crippen molar-refractivity contribution in [2.75, 3.05) is 7.11 Å². The number of halogens is 1. The molecule has 0 bridgehead atoms. The third-order valence-corrected chi connectivity index (χ3v) is 4.05. The molecule has 1 fully saturated rings. The second-order valence-electron chi connectivity index (χ2n) is 4.58. The highest BCUT2D eigenvalue weighted by molar-refractivity contribution is 9.10. The second kappa shape index (κ2) is 5.11. The molecular formula is C14H14BrNO2. The summed E-state index contributed by atoms with van der Waals surface area (Å²) in [5, 5.41) is 9.56. The second-order valence-corrected chi connectivity index (χ2v) is 5.49. The van der Waals surface area contributed by atoms with E-state index in [1.165, 1.54) is 0 Å². The van der Waals surface area contributed by atoms with Gasteiger partial charge in [0.25, 0.3) is 0 Å². The van der Waals surface area contributed by atoms with Gasteiger partial charge >= 0.3 is 0 Å². The van der Waals surface area contributed by atoms with E-state index in [1.807, 2.05) is 18.2 Å². The fourth-order valence-corrected chi connectivity index (χ4v) is 2.81. The summed E-state index contributed by atoms with van der Waals surface area (Å²) in [7, 11) is 1.60. The van der Waals surface area contributed by atoms with Crippen molar-refractivity contribution in [3.05, 3.63) is 28.2 Å². The van der Waals surface area contributed by atoms with Crippen LogP contribution in [0.1, 0.15) is 31.2 Å². The quantitative estimate of drug-likeness (QED) is 0.841. The van der Waals surface area contributed by atoms with Crippen molar-refractivity contribution in [2.45, 2.75) is 31.1 Å². The lowest BCUT2D eigenvalue weighted by Gasteiger charge is -2.31. The van der Waals surface area contributed by atoms with E-state index in [1.54, 1.807) is 7.11 Å². The molecule has 4 heteroatoms. The molecule has 0 amide bonds. The number of rotatable bonds is 2. The Labute approximate surface area is 115 Å². The van der Waals surface area contributed by atoms with Crippen molar-refractivity contribution in [3.8, 4) is 11.8 Å². The topological polar surface area (TPSA) is 50.1 Å². The Balaban J connectivity index is 2.48. The van der Waals surface area contributed by atoms with Gasteiger partial charge in [0.05, 0.1) is 18.6 Å². The van der Waals surface area contributed by atoms with Crippen LogP contribution in [0.15, 0.2) is 22.7 Å². The number of carbonyl (C=O) groups is 1. The van der Waals surface area contributed by atoms with E-state index in [0.29, 0.717) is 31.4 Å². The van der Waals surface area contributed by atoms with Crippen molar-refractivity contribution in [2.24, 2.45) is 0 Å². The van der Waals surface area contributed by atoms with E-state index in [9.17, 15) is 10.1 Å². The molecule has 0 heterocycles. The molecular weight excluding hydrogens is 294 g/mol. The molecule has 18 heavy (non-hydrogen) atoms. The number of methoxy groups -OCH3 is 1. The standard InChI is InChI=1S/C14H14BrNO2/c1-18-13-3-2-10(15)8-12(13)14(9-16)6-4-11(17)5-7-14/h2-3,8H,4-7H2,1H3. The van der Waals surface area contributed by atoms with Gasteiger partial charge in [-0.2, -0.15) is 5.26 Å². The molecule has 1 aliphatic rings. The van der Waals surface area contributed by atoms with Crippen molar-refractivity contribution in [3.63, 3.8) is 0 Å².